The number of hydrogen-bond acceptors (Lipinski definition) is 4. The highest BCUT2D eigenvalue weighted by Crippen LogP contribution is 2.33. The number of amides is 1. The molecule has 1 N–H and O–H groups in total. The van der Waals surface area contributed by atoms with Crippen LogP contribution >= 0.6 is 22.9 Å². The van der Waals surface area contributed by atoms with Crippen LogP contribution in [0.1, 0.15) is 15.2 Å². The molecule has 7 heteroatoms. The van der Waals surface area contributed by atoms with Crippen LogP contribution in [0.2, 0.25) is 5.02 Å². The number of aryl methyl sites for hydroxylation is 1. The van der Waals surface area contributed by atoms with Crippen LogP contribution in [-0.4, -0.2) is 22.6 Å². The van der Waals surface area contributed by atoms with Gasteiger partial charge in [-0.3, -0.25) is 4.79 Å². The molecular weight excluding hydrogens is 322 g/mol. The normalized spacial score (nSPS) is 10.9. The number of rotatable bonds is 4. The zero-order valence-electron chi connectivity index (χ0n) is 12.1. The molecule has 0 saturated heterocycles. The molecule has 0 aliphatic rings. The summed E-state index contributed by atoms with van der Waals surface area (Å²) in [6, 6.07) is 5.37. The maximum absolute atomic E-state index is 12.1. The summed E-state index contributed by atoms with van der Waals surface area (Å²) in [4.78, 5) is 17.1. The molecule has 0 saturated carbocycles. The molecule has 3 aromatic rings. The van der Waals surface area contributed by atoms with Crippen molar-refractivity contribution in [2.75, 3.05) is 7.11 Å². The molecule has 1 aromatic carbocycles. The zero-order chi connectivity index (χ0) is 15.7. The van der Waals surface area contributed by atoms with Crippen LogP contribution in [0.15, 0.2) is 29.9 Å². The number of aromatic nitrogens is 2. The Labute approximate surface area is 136 Å². The van der Waals surface area contributed by atoms with Crippen molar-refractivity contribution in [3.8, 4) is 5.75 Å². The lowest BCUT2D eigenvalue weighted by atomic mass is 10.1. The van der Waals surface area contributed by atoms with E-state index in [2.05, 4.69) is 10.3 Å². The van der Waals surface area contributed by atoms with Gasteiger partial charge in [-0.2, -0.15) is 0 Å². The number of carbonyl (C=O) groups is 1. The van der Waals surface area contributed by atoms with Crippen molar-refractivity contribution in [3.63, 3.8) is 0 Å². The molecule has 2 heterocycles. The monoisotopic (exact) mass is 335 g/mol. The molecular formula is C15H14ClN3O2S. The summed E-state index contributed by atoms with van der Waals surface area (Å²) in [6.07, 6.45) is 1.70. The minimum absolute atomic E-state index is 0.109. The first-order valence-corrected chi connectivity index (χ1v) is 7.85. The van der Waals surface area contributed by atoms with Crippen molar-refractivity contribution < 1.29 is 9.53 Å². The van der Waals surface area contributed by atoms with Gasteiger partial charge < -0.3 is 14.6 Å². The van der Waals surface area contributed by atoms with Crippen molar-refractivity contribution in [2.45, 2.75) is 6.54 Å². The largest absolute Gasteiger partial charge is 0.496 e. The van der Waals surface area contributed by atoms with Crippen LogP contribution in [-0.2, 0) is 13.6 Å². The van der Waals surface area contributed by atoms with E-state index in [0.717, 1.165) is 11.1 Å². The third kappa shape index (κ3) is 2.55. The van der Waals surface area contributed by atoms with Crippen LogP contribution in [0.3, 0.4) is 0 Å². The third-order valence-corrected chi connectivity index (χ3v) is 4.55. The molecule has 22 heavy (non-hydrogen) atoms. The van der Waals surface area contributed by atoms with Gasteiger partial charge in [-0.05, 0) is 11.4 Å². The van der Waals surface area contributed by atoms with Gasteiger partial charge in [0.2, 0.25) is 0 Å². The first kappa shape index (κ1) is 14.9. The molecule has 0 aliphatic carbocycles. The minimum atomic E-state index is -0.109. The summed E-state index contributed by atoms with van der Waals surface area (Å²) in [5.74, 6) is 0.523. The number of imidazole rings is 1. The number of ether oxygens (including phenoxy) is 1. The fraction of sp³-hybridized carbons (Fsp3) is 0.200. The van der Waals surface area contributed by atoms with Crippen molar-refractivity contribution in [3.05, 3.63) is 45.4 Å². The van der Waals surface area contributed by atoms with Crippen LogP contribution in [0.4, 0.5) is 0 Å². The Kier molecular flexibility index (Phi) is 4.04. The first-order valence-electron chi connectivity index (χ1n) is 6.60. The smallest absolute Gasteiger partial charge is 0.261 e. The first-order chi connectivity index (χ1) is 10.6. The number of thiophene rings is 1. The number of benzene rings is 1. The second-order valence-electron chi connectivity index (χ2n) is 4.75. The van der Waals surface area contributed by atoms with Crippen molar-refractivity contribution >= 4 is 39.9 Å². The molecule has 0 bridgehead atoms. The number of nitrogens with zero attached hydrogens (tertiary/aromatic N) is 2. The van der Waals surface area contributed by atoms with Crippen LogP contribution in [0.25, 0.3) is 11.0 Å². The van der Waals surface area contributed by atoms with Crippen LogP contribution < -0.4 is 10.1 Å². The van der Waals surface area contributed by atoms with Gasteiger partial charge in [0.1, 0.15) is 11.3 Å². The molecule has 114 valence electrons. The molecule has 3 rings (SSSR count). The maximum atomic E-state index is 12.1. The number of halogens is 1. The molecule has 0 fully saturated rings. The van der Waals surface area contributed by atoms with Crippen LogP contribution in [0, 0.1) is 0 Å². The van der Waals surface area contributed by atoms with E-state index in [9.17, 15) is 4.79 Å². The summed E-state index contributed by atoms with van der Waals surface area (Å²) in [5.41, 5.74) is 2.41. The van der Waals surface area contributed by atoms with E-state index in [1.165, 1.54) is 11.3 Å². The highest BCUT2D eigenvalue weighted by atomic mass is 35.5. The summed E-state index contributed by atoms with van der Waals surface area (Å²) < 4.78 is 7.28. The Morgan fingerprint density at radius 2 is 2.36 bits per heavy atom. The molecule has 0 radical (unpaired) electrons. The van der Waals surface area contributed by atoms with E-state index in [1.54, 1.807) is 25.6 Å². The fourth-order valence-corrected chi connectivity index (χ4v) is 3.24. The SMILES string of the molecule is COc1cc(Cl)c2ncn(C)c2c1CNC(=O)c1cccs1. The Morgan fingerprint density at radius 1 is 1.55 bits per heavy atom. The Bertz CT molecular complexity index is 827. The molecule has 0 aliphatic heterocycles. The molecule has 5 nitrogen and oxygen atoms in total. The summed E-state index contributed by atoms with van der Waals surface area (Å²) in [6.45, 7) is 0.340. The number of hydrogen-bond donors (Lipinski definition) is 1. The predicted octanol–water partition coefficient (Wildman–Crippen LogP) is 3.23. The van der Waals surface area contributed by atoms with Crippen LogP contribution in [0.5, 0.6) is 5.75 Å². The lowest BCUT2D eigenvalue weighted by Gasteiger charge is -2.13. The number of methoxy groups -OCH3 is 1. The van der Waals surface area contributed by atoms with E-state index >= 15 is 0 Å². The Balaban J connectivity index is 1.97. The van der Waals surface area contributed by atoms with Crippen molar-refractivity contribution in [1.29, 1.82) is 0 Å². The van der Waals surface area contributed by atoms with Gasteiger partial charge in [-0.1, -0.05) is 17.7 Å². The average Bonchev–Trinajstić information content (AvgIpc) is 3.16. The molecule has 2 aromatic heterocycles. The van der Waals surface area contributed by atoms with E-state index in [-0.39, 0.29) is 5.91 Å². The van der Waals surface area contributed by atoms with Crippen molar-refractivity contribution in [2.24, 2.45) is 7.05 Å². The maximum Gasteiger partial charge on any atom is 0.261 e. The predicted molar refractivity (Wildman–Crippen MR) is 87.8 cm³/mol. The second kappa shape index (κ2) is 5.98. The molecule has 0 unspecified atom stereocenters. The summed E-state index contributed by atoms with van der Waals surface area (Å²) in [7, 11) is 3.47. The quantitative estimate of drug-likeness (QED) is 0.796. The van der Waals surface area contributed by atoms with Gasteiger partial charge in [-0.15, -0.1) is 11.3 Å². The average molecular weight is 336 g/mol. The fourth-order valence-electron chi connectivity index (χ4n) is 2.36. The highest BCUT2D eigenvalue weighted by molar-refractivity contribution is 7.12. The van der Waals surface area contributed by atoms with Gasteiger partial charge in [0.25, 0.3) is 5.91 Å². The molecule has 0 spiro atoms. The lowest BCUT2D eigenvalue weighted by Crippen LogP contribution is -2.22. The van der Waals surface area contributed by atoms with Gasteiger partial charge in [0, 0.05) is 25.2 Å². The Morgan fingerprint density at radius 3 is 3.05 bits per heavy atom. The highest BCUT2D eigenvalue weighted by Gasteiger charge is 2.17. The molecule has 0 atom stereocenters. The van der Waals surface area contributed by atoms with Gasteiger partial charge in [-0.25, -0.2) is 4.98 Å². The standard InChI is InChI=1S/C15H14ClN3O2S/c1-19-8-18-13-10(16)6-11(21-2)9(14(13)19)7-17-15(20)12-4-3-5-22-12/h3-6,8H,7H2,1-2H3,(H,17,20). The van der Waals surface area contributed by atoms with E-state index in [1.807, 2.05) is 23.1 Å². The van der Waals surface area contributed by atoms with Crippen molar-refractivity contribution in [1.82, 2.24) is 14.9 Å². The summed E-state index contributed by atoms with van der Waals surface area (Å²) >= 11 is 7.63. The number of fused-ring (bicyclic) bond motifs is 1. The number of nitrogens with one attached hydrogen (secondary N) is 1. The number of carbonyl (C=O) groups excluding carboxylic acids is 1. The van der Waals surface area contributed by atoms with E-state index < -0.39 is 0 Å². The zero-order valence-corrected chi connectivity index (χ0v) is 13.7. The van der Waals surface area contributed by atoms with E-state index in [0.29, 0.717) is 27.7 Å². The van der Waals surface area contributed by atoms with Gasteiger partial charge in [0.05, 0.1) is 28.9 Å². The minimum Gasteiger partial charge on any atom is -0.496 e. The van der Waals surface area contributed by atoms with E-state index in [4.69, 9.17) is 16.3 Å². The lowest BCUT2D eigenvalue weighted by molar-refractivity contribution is 0.0955. The Hall–Kier alpha value is -2.05. The summed E-state index contributed by atoms with van der Waals surface area (Å²) in [5, 5.41) is 5.31. The second-order valence-corrected chi connectivity index (χ2v) is 6.11. The van der Waals surface area contributed by atoms with Gasteiger partial charge >= 0.3 is 0 Å². The van der Waals surface area contributed by atoms with Gasteiger partial charge in [0.15, 0.2) is 0 Å². The third-order valence-electron chi connectivity index (χ3n) is 3.39. The topological polar surface area (TPSA) is 56.1 Å². The molecule has 1 amide bonds.